The van der Waals surface area contributed by atoms with Crippen molar-refractivity contribution in [2.24, 2.45) is 0 Å². The highest BCUT2D eigenvalue weighted by atomic mass is 35.5. The first-order valence-corrected chi connectivity index (χ1v) is 4.87. The maximum atomic E-state index is 11.3. The van der Waals surface area contributed by atoms with Gasteiger partial charge in [-0.05, 0) is 24.3 Å². The average molecular weight is 239 g/mol. The van der Waals surface area contributed by atoms with Crippen LogP contribution in [0.15, 0.2) is 29.8 Å². The highest BCUT2D eigenvalue weighted by Gasteiger charge is 2.32. The molecule has 4 nitrogen and oxygen atoms in total. The van der Waals surface area contributed by atoms with Gasteiger partial charge >= 0.3 is 5.97 Å². The van der Waals surface area contributed by atoms with E-state index in [9.17, 15) is 14.7 Å². The lowest BCUT2D eigenvalue weighted by Crippen LogP contribution is -2.07. The van der Waals surface area contributed by atoms with Crippen LogP contribution < -0.4 is 0 Å². The summed E-state index contributed by atoms with van der Waals surface area (Å²) in [5.41, 5.74) is 0.401. The van der Waals surface area contributed by atoms with E-state index in [0.717, 1.165) is 0 Å². The third-order valence-electron chi connectivity index (χ3n) is 2.21. The summed E-state index contributed by atoms with van der Waals surface area (Å²) in [6, 6.07) is 6.27. The summed E-state index contributed by atoms with van der Waals surface area (Å²) < 4.78 is 4.51. The summed E-state index contributed by atoms with van der Waals surface area (Å²) in [5, 5.41) is 10.3. The van der Waals surface area contributed by atoms with Gasteiger partial charge in [0.25, 0.3) is 5.78 Å². The number of carbonyl (C=O) groups is 2. The predicted octanol–water partition coefficient (Wildman–Crippen LogP) is 1.74. The minimum absolute atomic E-state index is 0.0210. The standard InChI is InChI=1S/C11H7ClO4/c12-7-3-1-6(2-4-7)9(13)8-5-16-11(15)10(8)14/h1-4,13H,5H2/b9-8+. The number of carbonyl (C=O) groups excluding carboxylic acids is 2. The van der Waals surface area contributed by atoms with Crippen molar-refractivity contribution in [3.05, 3.63) is 40.4 Å². The molecule has 0 bridgehead atoms. The van der Waals surface area contributed by atoms with Crippen molar-refractivity contribution in [2.45, 2.75) is 0 Å². The molecule has 5 heteroatoms. The van der Waals surface area contributed by atoms with Crippen LogP contribution in [-0.4, -0.2) is 23.5 Å². The molecule has 1 aliphatic heterocycles. The molecule has 0 atom stereocenters. The van der Waals surface area contributed by atoms with Gasteiger partial charge in [-0.15, -0.1) is 0 Å². The minimum Gasteiger partial charge on any atom is -0.507 e. The van der Waals surface area contributed by atoms with Gasteiger partial charge in [0.1, 0.15) is 12.4 Å². The molecule has 82 valence electrons. The van der Waals surface area contributed by atoms with E-state index >= 15 is 0 Å². The molecule has 2 rings (SSSR count). The van der Waals surface area contributed by atoms with Gasteiger partial charge in [-0.3, -0.25) is 4.79 Å². The first kappa shape index (κ1) is 10.7. The number of halogens is 1. The Morgan fingerprint density at radius 2 is 1.88 bits per heavy atom. The largest absolute Gasteiger partial charge is 0.507 e. The topological polar surface area (TPSA) is 63.6 Å². The predicted molar refractivity (Wildman–Crippen MR) is 57.0 cm³/mol. The van der Waals surface area contributed by atoms with Crippen LogP contribution in [0.4, 0.5) is 0 Å². The number of esters is 1. The Morgan fingerprint density at radius 1 is 1.25 bits per heavy atom. The van der Waals surface area contributed by atoms with Crippen molar-refractivity contribution < 1.29 is 19.4 Å². The summed E-state index contributed by atoms with van der Waals surface area (Å²) in [6.07, 6.45) is 0. The van der Waals surface area contributed by atoms with Crippen LogP contribution in [0.3, 0.4) is 0 Å². The number of aliphatic hydroxyl groups excluding tert-OH is 1. The molecule has 1 N–H and O–H groups in total. The second kappa shape index (κ2) is 3.98. The Bertz CT molecular complexity index is 487. The van der Waals surface area contributed by atoms with Crippen molar-refractivity contribution in [1.82, 2.24) is 0 Å². The fourth-order valence-electron chi connectivity index (χ4n) is 1.35. The number of benzene rings is 1. The average Bonchev–Trinajstić information content (AvgIpc) is 2.60. The van der Waals surface area contributed by atoms with E-state index in [-0.39, 0.29) is 17.9 Å². The molecule has 0 radical (unpaired) electrons. The Labute approximate surface area is 96.1 Å². The number of cyclic esters (lactones) is 1. The third-order valence-corrected chi connectivity index (χ3v) is 2.46. The molecule has 0 saturated carbocycles. The maximum absolute atomic E-state index is 11.3. The number of ketones is 1. The molecule has 0 aliphatic carbocycles. The lowest BCUT2D eigenvalue weighted by atomic mass is 10.1. The van der Waals surface area contributed by atoms with Gasteiger partial charge in [-0.25, -0.2) is 4.79 Å². The molecule has 1 fully saturated rings. The van der Waals surface area contributed by atoms with Crippen LogP contribution >= 0.6 is 11.6 Å². The van der Waals surface area contributed by atoms with Gasteiger partial charge in [0.2, 0.25) is 0 Å². The van der Waals surface area contributed by atoms with Crippen molar-refractivity contribution in [1.29, 1.82) is 0 Å². The highest BCUT2D eigenvalue weighted by molar-refractivity contribution is 6.43. The second-order valence-electron chi connectivity index (χ2n) is 3.24. The lowest BCUT2D eigenvalue weighted by Gasteiger charge is -2.01. The Balaban J connectivity index is 2.41. The van der Waals surface area contributed by atoms with E-state index in [0.29, 0.717) is 10.6 Å². The quantitative estimate of drug-likeness (QED) is 0.350. The zero-order valence-corrected chi connectivity index (χ0v) is 8.82. The molecule has 1 saturated heterocycles. The van der Waals surface area contributed by atoms with E-state index in [1.54, 1.807) is 24.3 Å². The van der Waals surface area contributed by atoms with Gasteiger partial charge in [0.05, 0.1) is 5.57 Å². The Kier molecular flexibility index (Phi) is 2.66. The fraction of sp³-hybridized carbons (Fsp3) is 0.0909. The third kappa shape index (κ3) is 1.79. The molecule has 0 amide bonds. The van der Waals surface area contributed by atoms with Gasteiger partial charge in [-0.2, -0.15) is 0 Å². The monoisotopic (exact) mass is 238 g/mol. The Morgan fingerprint density at radius 3 is 2.38 bits per heavy atom. The minimum atomic E-state index is -0.935. The number of hydrogen-bond donors (Lipinski definition) is 1. The number of ether oxygens (including phenoxy) is 1. The smallest absolute Gasteiger partial charge is 0.379 e. The second-order valence-corrected chi connectivity index (χ2v) is 3.68. The zero-order valence-electron chi connectivity index (χ0n) is 8.07. The fourth-order valence-corrected chi connectivity index (χ4v) is 1.48. The van der Waals surface area contributed by atoms with Crippen LogP contribution in [0.25, 0.3) is 5.76 Å². The van der Waals surface area contributed by atoms with E-state index in [1.165, 1.54) is 0 Å². The summed E-state index contributed by atoms with van der Waals surface area (Å²) >= 11 is 5.68. The summed E-state index contributed by atoms with van der Waals surface area (Å²) in [5.74, 6) is -1.98. The number of hydrogen-bond acceptors (Lipinski definition) is 4. The van der Waals surface area contributed by atoms with Crippen LogP contribution in [0.2, 0.25) is 5.02 Å². The highest BCUT2D eigenvalue weighted by Crippen LogP contribution is 2.22. The van der Waals surface area contributed by atoms with Crippen LogP contribution in [0.1, 0.15) is 5.56 Å². The summed E-state index contributed by atoms with van der Waals surface area (Å²) in [4.78, 5) is 22.1. The summed E-state index contributed by atoms with van der Waals surface area (Å²) in [6.45, 7) is -0.188. The van der Waals surface area contributed by atoms with Crippen LogP contribution in [-0.2, 0) is 14.3 Å². The molecule has 1 aliphatic rings. The van der Waals surface area contributed by atoms with E-state index in [4.69, 9.17) is 11.6 Å². The molecule has 1 aromatic rings. The molecule has 0 aromatic heterocycles. The molecular weight excluding hydrogens is 232 g/mol. The molecule has 0 spiro atoms. The first-order valence-electron chi connectivity index (χ1n) is 4.49. The first-order chi connectivity index (χ1) is 7.59. The maximum Gasteiger partial charge on any atom is 0.379 e. The van der Waals surface area contributed by atoms with Gasteiger partial charge in [-0.1, -0.05) is 11.6 Å². The lowest BCUT2D eigenvalue weighted by molar-refractivity contribution is -0.146. The molecular formula is C11H7ClO4. The van der Waals surface area contributed by atoms with E-state index < -0.39 is 11.8 Å². The molecule has 1 aromatic carbocycles. The van der Waals surface area contributed by atoms with E-state index in [1.807, 2.05) is 0 Å². The normalized spacial score (nSPS) is 18.6. The van der Waals surface area contributed by atoms with Gasteiger partial charge in [0, 0.05) is 10.6 Å². The van der Waals surface area contributed by atoms with Gasteiger partial charge < -0.3 is 9.84 Å². The van der Waals surface area contributed by atoms with Crippen LogP contribution in [0, 0.1) is 0 Å². The van der Waals surface area contributed by atoms with Crippen molar-refractivity contribution in [2.75, 3.05) is 6.61 Å². The van der Waals surface area contributed by atoms with Crippen molar-refractivity contribution in [3.63, 3.8) is 0 Å². The summed E-state index contributed by atoms with van der Waals surface area (Å²) in [7, 11) is 0. The molecule has 16 heavy (non-hydrogen) atoms. The van der Waals surface area contributed by atoms with Crippen molar-refractivity contribution >= 4 is 29.1 Å². The number of aliphatic hydroxyl groups is 1. The van der Waals surface area contributed by atoms with E-state index in [2.05, 4.69) is 4.74 Å². The zero-order chi connectivity index (χ0) is 11.7. The SMILES string of the molecule is O=C1OC/C(=C(\O)c2ccc(Cl)cc2)C1=O. The molecule has 1 heterocycles. The van der Waals surface area contributed by atoms with Crippen LogP contribution in [0.5, 0.6) is 0 Å². The van der Waals surface area contributed by atoms with Crippen molar-refractivity contribution in [3.8, 4) is 0 Å². The molecule has 0 unspecified atom stereocenters. The number of rotatable bonds is 1. The number of Topliss-reactive ketones (excluding diaryl/α,β-unsaturated/α-hetero) is 1. The Hall–Kier alpha value is -1.81. The van der Waals surface area contributed by atoms with Gasteiger partial charge in [0.15, 0.2) is 0 Å².